The fourth-order valence-corrected chi connectivity index (χ4v) is 1.70. The van der Waals surface area contributed by atoms with Crippen LogP contribution in [0.25, 0.3) is 0 Å². The van der Waals surface area contributed by atoms with Gasteiger partial charge in [-0.3, -0.25) is 9.48 Å². The highest BCUT2D eigenvalue weighted by Gasteiger charge is 2.18. The Bertz CT molecular complexity index is 726. The lowest BCUT2D eigenvalue weighted by atomic mass is 10.2. The first kappa shape index (κ1) is 14.3. The lowest BCUT2D eigenvalue weighted by Crippen LogP contribution is -2.20. The first-order valence-corrected chi connectivity index (χ1v) is 5.73. The topological polar surface area (TPSA) is 126 Å². The van der Waals surface area contributed by atoms with Crippen molar-refractivity contribution in [1.29, 1.82) is 0 Å². The number of aromatic hydroxyl groups is 1. The van der Waals surface area contributed by atoms with Gasteiger partial charge >= 0.3 is 0 Å². The number of carbonyl (C=O) groups excluding carboxylic acids is 1. The number of hydrogen-bond donors (Lipinski definition) is 4. The minimum absolute atomic E-state index is 0.122. The van der Waals surface area contributed by atoms with Gasteiger partial charge in [0.05, 0.1) is 17.3 Å². The summed E-state index contributed by atoms with van der Waals surface area (Å²) in [6.45, 7) is 0. The molecule has 2 aromatic rings. The quantitative estimate of drug-likeness (QED) is 0.285. The van der Waals surface area contributed by atoms with E-state index in [9.17, 15) is 14.3 Å². The number of amides is 1. The van der Waals surface area contributed by atoms with Crippen molar-refractivity contribution in [2.75, 3.05) is 5.32 Å². The summed E-state index contributed by atoms with van der Waals surface area (Å²) in [5.41, 5.74) is 5.55. The zero-order valence-electron chi connectivity index (χ0n) is 10.9. The molecule has 0 aliphatic carbocycles. The second-order valence-corrected chi connectivity index (χ2v) is 4.13. The van der Waals surface area contributed by atoms with Gasteiger partial charge in [-0.15, -0.1) is 0 Å². The molecule has 0 aliphatic heterocycles. The van der Waals surface area contributed by atoms with Crippen molar-refractivity contribution in [2.45, 2.75) is 0 Å². The van der Waals surface area contributed by atoms with E-state index in [0.29, 0.717) is 0 Å². The first-order valence-electron chi connectivity index (χ1n) is 5.73. The van der Waals surface area contributed by atoms with Gasteiger partial charge in [-0.2, -0.15) is 5.10 Å². The molecule has 21 heavy (non-hydrogen) atoms. The Morgan fingerprint density at radius 2 is 2.19 bits per heavy atom. The first-order chi connectivity index (χ1) is 9.93. The average Bonchev–Trinajstić information content (AvgIpc) is 2.79. The van der Waals surface area contributed by atoms with Gasteiger partial charge in [0.1, 0.15) is 17.4 Å². The smallest absolute Gasteiger partial charge is 0.260 e. The van der Waals surface area contributed by atoms with Gasteiger partial charge in [0, 0.05) is 13.1 Å². The number of phenols is 1. The molecule has 1 amide bonds. The Kier molecular flexibility index (Phi) is 3.74. The number of halogens is 1. The summed E-state index contributed by atoms with van der Waals surface area (Å²) < 4.78 is 14.2. The van der Waals surface area contributed by atoms with E-state index in [4.69, 9.17) is 10.9 Å². The number of carbonyl (C=O) groups is 1. The maximum absolute atomic E-state index is 12.9. The molecule has 0 fully saturated rings. The number of oxime groups is 1. The lowest BCUT2D eigenvalue weighted by Gasteiger charge is -2.09. The second-order valence-electron chi connectivity index (χ2n) is 4.13. The van der Waals surface area contributed by atoms with Crippen molar-refractivity contribution in [3.8, 4) is 5.75 Å². The zero-order valence-corrected chi connectivity index (χ0v) is 10.9. The predicted octanol–water partition coefficient (Wildman–Crippen LogP) is 0.612. The van der Waals surface area contributed by atoms with Crippen LogP contribution < -0.4 is 11.1 Å². The van der Waals surface area contributed by atoms with Crippen molar-refractivity contribution in [3.63, 3.8) is 0 Å². The zero-order chi connectivity index (χ0) is 15.6. The van der Waals surface area contributed by atoms with Gasteiger partial charge in [-0.05, 0) is 12.1 Å². The highest BCUT2D eigenvalue weighted by molar-refractivity contribution is 6.10. The third kappa shape index (κ3) is 2.76. The molecule has 110 valence electrons. The molecule has 0 saturated carbocycles. The number of nitrogens with two attached hydrogens (primary N) is 1. The molecule has 0 atom stereocenters. The molecule has 0 bridgehead atoms. The lowest BCUT2D eigenvalue weighted by molar-refractivity contribution is 0.102. The number of aromatic nitrogens is 2. The van der Waals surface area contributed by atoms with E-state index in [-0.39, 0.29) is 22.8 Å². The van der Waals surface area contributed by atoms with Gasteiger partial charge in [0.2, 0.25) is 0 Å². The molecule has 1 aromatic heterocycles. The number of anilines is 1. The highest BCUT2D eigenvalue weighted by Crippen LogP contribution is 2.21. The van der Waals surface area contributed by atoms with Crippen molar-refractivity contribution < 1.29 is 19.5 Å². The molecule has 0 spiro atoms. The SMILES string of the molecule is Cn1ncc(/C(N)=N/O)c1NC(=O)c1ccc(F)cc1O. The van der Waals surface area contributed by atoms with Gasteiger partial charge in [-0.1, -0.05) is 5.16 Å². The molecule has 0 saturated heterocycles. The summed E-state index contributed by atoms with van der Waals surface area (Å²) in [6.07, 6.45) is 1.30. The van der Waals surface area contributed by atoms with E-state index in [1.165, 1.54) is 17.9 Å². The van der Waals surface area contributed by atoms with Gasteiger partial charge < -0.3 is 21.4 Å². The van der Waals surface area contributed by atoms with Gasteiger partial charge in [0.15, 0.2) is 5.84 Å². The predicted molar refractivity (Wildman–Crippen MR) is 71.7 cm³/mol. The van der Waals surface area contributed by atoms with E-state index in [2.05, 4.69) is 15.6 Å². The summed E-state index contributed by atoms with van der Waals surface area (Å²) in [5.74, 6) is -1.93. The van der Waals surface area contributed by atoms with Crippen LogP contribution in [0.4, 0.5) is 10.2 Å². The number of nitrogens with zero attached hydrogens (tertiary/aromatic N) is 3. The molecule has 0 radical (unpaired) electrons. The van der Waals surface area contributed by atoms with Crippen LogP contribution in [0.15, 0.2) is 29.6 Å². The van der Waals surface area contributed by atoms with E-state index < -0.39 is 17.5 Å². The van der Waals surface area contributed by atoms with Crippen molar-refractivity contribution >= 4 is 17.6 Å². The van der Waals surface area contributed by atoms with Crippen LogP contribution in [-0.4, -0.2) is 31.8 Å². The standard InChI is InChI=1S/C12H12FN5O3/c1-18-11(8(5-15-18)10(14)17-21)16-12(20)7-3-2-6(13)4-9(7)19/h2-5,19,21H,1H3,(H2,14,17)(H,16,20). The Morgan fingerprint density at radius 3 is 2.81 bits per heavy atom. The van der Waals surface area contributed by atoms with E-state index in [1.54, 1.807) is 0 Å². The van der Waals surface area contributed by atoms with Crippen LogP contribution in [0.2, 0.25) is 0 Å². The molecule has 2 rings (SSSR count). The number of nitrogens with one attached hydrogen (secondary N) is 1. The van der Waals surface area contributed by atoms with Crippen molar-refractivity contribution in [3.05, 3.63) is 41.3 Å². The molecular weight excluding hydrogens is 281 g/mol. The van der Waals surface area contributed by atoms with Crippen molar-refractivity contribution in [1.82, 2.24) is 9.78 Å². The minimum Gasteiger partial charge on any atom is -0.507 e. The van der Waals surface area contributed by atoms with Gasteiger partial charge in [-0.25, -0.2) is 4.39 Å². The van der Waals surface area contributed by atoms with Crippen molar-refractivity contribution in [2.24, 2.45) is 17.9 Å². The molecule has 1 heterocycles. The monoisotopic (exact) mass is 293 g/mol. The summed E-state index contributed by atoms with van der Waals surface area (Å²) in [5, 5.41) is 27.4. The number of rotatable bonds is 3. The summed E-state index contributed by atoms with van der Waals surface area (Å²) in [7, 11) is 1.54. The van der Waals surface area contributed by atoms with Crippen LogP contribution in [-0.2, 0) is 7.05 Å². The maximum atomic E-state index is 12.9. The number of amidine groups is 1. The Morgan fingerprint density at radius 1 is 1.48 bits per heavy atom. The van der Waals surface area contributed by atoms with Crippen LogP contribution in [0, 0.1) is 5.82 Å². The summed E-state index contributed by atoms with van der Waals surface area (Å²) in [4.78, 5) is 12.1. The van der Waals surface area contributed by atoms with Crippen LogP contribution in [0.3, 0.4) is 0 Å². The van der Waals surface area contributed by atoms with Crippen LogP contribution >= 0.6 is 0 Å². The average molecular weight is 293 g/mol. The van der Waals surface area contributed by atoms with E-state index in [1.807, 2.05) is 0 Å². The Balaban J connectivity index is 2.34. The fraction of sp³-hybridized carbons (Fsp3) is 0.0833. The minimum atomic E-state index is -0.692. The molecule has 1 aromatic carbocycles. The van der Waals surface area contributed by atoms with E-state index in [0.717, 1.165) is 18.2 Å². The number of hydrogen-bond acceptors (Lipinski definition) is 5. The molecule has 0 aliphatic rings. The third-order valence-electron chi connectivity index (χ3n) is 2.76. The fourth-order valence-electron chi connectivity index (χ4n) is 1.70. The highest BCUT2D eigenvalue weighted by atomic mass is 19.1. The van der Waals surface area contributed by atoms with Crippen LogP contribution in [0.1, 0.15) is 15.9 Å². The molecule has 9 heteroatoms. The van der Waals surface area contributed by atoms with Gasteiger partial charge in [0.25, 0.3) is 5.91 Å². The number of benzene rings is 1. The maximum Gasteiger partial charge on any atom is 0.260 e. The number of phenolic OH excluding ortho intramolecular Hbond substituents is 1. The largest absolute Gasteiger partial charge is 0.507 e. The summed E-state index contributed by atoms with van der Waals surface area (Å²) >= 11 is 0. The normalized spacial score (nSPS) is 11.4. The molecule has 8 nitrogen and oxygen atoms in total. The molecule has 5 N–H and O–H groups in total. The molecule has 0 unspecified atom stereocenters. The third-order valence-corrected chi connectivity index (χ3v) is 2.76. The second kappa shape index (κ2) is 5.49. The van der Waals surface area contributed by atoms with Crippen LogP contribution in [0.5, 0.6) is 5.75 Å². The number of aryl methyl sites for hydroxylation is 1. The Hall–Kier alpha value is -3.10. The van der Waals surface area contributed by atoms with E-state index >= 15 is 0 Å². The molecular formula is C12H12FN5O3. The summed E-state index contributed by atoms with van der Waals surface area (Å²) in [6, 6.07) is 3.00. The Labute approximate surface area is 118 Å².